The molecule has 2 aromatic heterocycles. The summed E-state index contributed by atoms with van der Waals surface area (Å²) in [7, 11) is 1.61. The number of benzene rings is 1. The molecule has 0 spiro atoms. The van der Waals surface area contributed by atoms with Crippen LogP contribution in [0.15, 0.2) is 52.4 Å². The molecule has 0 fully saturated rings. The van der Waals surface area contributed by atoms with Crippen molar-refractivity contribution in [3.05, 3.63) is 69.8 Å². The van der Waals surface area contributed by atoms with E-state index in [1.54, 1.807) is 13.3 Å². The minimum atomic E-state index is -0.141. The normalized spacial score (nSPS) is 11.6. The number of hydrogen-bond donors (Lipinski definition) is 1. The second-order valence-electron chi connectivity index (χ2n) is 5.79. The van der Waals surface area contributed by atoms with E-state index in [-0.39, 0.29) is 5.56 Å². The van der Waals surface area contributed by atoms with Crippen molar-refractivity contribution in [2.45, 2.75) is 20.8 Å². The summed E-state index contributed by atoms with van der Waals surface area (Å²) in [6.45, 7) is 5.63. The molecule has 3 rings (SSSR count). The van der Waals surface area contributed by atoms with E-state index in [2.05, 4.69) is 15.1 Å². The average molecular weight is 336 g/mol. The molecule has 6 heteroatoms. The third-order valence-electron chi connectivity index (χ3n) is 4.02. The quantitative estimate of drug-likeness (QED) is 0.743. The molecule has 2 heterocycles. The van der Waals surface area contributed by atoms with Crippen LogP contribution >= 0.6 is 0 Å². The van der Waals surface area contributed by atoms with Gasteiger partial charge in [-0.1, -0.05) is 6.07 Å². The molecular formula is C19H20N4O2. The predicted octanol–water partition coefficient (Wildman–Crippen LogP) is 3.33. The molecule has 0 aliphatic rings. The Morgan fingerprint density at radius 2 is 1.92 bits per heavy atom. The second-order valence-corrected chi connectivity index (χ2v) is 5.79. The maximum Gasteiger partial charge on any atom is 0.280 e. The van der Waals surface area contributed by atoms with Crippen molar-refractivity contribution >= 4 is 11.5 Å². The molecule has 0 atom stereocenters. The van der Waals surface area contributed by atoms with E-state index in [4.69, 9.17) is 4.74 Å². The third-order valence-corrected chi connectivity index (χ3v) is 4.02. The van der Waals surface area contributed by atoms with Crippen LogP contribution in [-0.4, -0.2) is 27.6 Å². The molecule has 0 unspecified atom stereocenters. The molecule has 0 amide bonds. The molecule has 0 aliphatic carbocycles. The fraction of sp³-hybridized carbons (Fsp3) is 0.211. The van der Waals surface area contributed by atoms with Gasteiger partial charge >= 0.3 is 0 Å². The number of H-pyrrole nitrogens is 1. The van der Waals surface area contributed by atoms with Crippen LogP contribution < -0.4 is 10.3 Å². The Morgan fingerprint density at radius 3 is 2.56 bits per heavy atom. The smallest absolute Gasteiger partial charge is 0.280 e. The standard InChI is InChI=1S/C19H20N4O2/c1-12-6-5-11-20-18(12)21-13(2)17-14(3)22-23(19(17)24)15-7-9-16(25-4)10-8-15/h5-11,22H,1-4H3/b21-13+. The van der Waals surface area contributed by atoms with Gasteiger partial charge in [-0.3, -0.25) is 9.89 Å². The van der Waals surface area contributed by atoms with Crippen LogP contribution in [-0.2, 0) is 0 Å². The summed E-state index contributed by atoms with van der Waals surface area (Å²) < 4.78 is 6.66. The Labute approximate surface area is 145 Å². The van der Waals surface area contributed by atoms with Crippen molar-refractivity contribution in [1.29, 1.82) is 0 Å². The molecule has 25 heavy (non-hydrogen) atoms. The van der Waals surface area contributed by atoms with Gasteiger partial charge in [0.25, 0.3) is 5.56 Å². The fourth-order valence-electron chi connectivity index (χ4n) is 2.69. The van der Waals surface area contributed by atoms with Gasteiger partial charge in [-0.05, 0) is 56.7 Å². The number of ether oxygens (including phenoxy) is 1. The van der Waals surface area contributed by atoms with Gasteiger partial charge < -0.3 is 4.74 Å². The average Bonchev–Trinajstić information content (AvgIpc) is 2.91. The van der Waals surface area contributed by atoms with Crippen LogP contribution in [0.1, 0.15) is 23.7 Å². The highest BCUT2D eigenvalue weighted by atomic mass is 16.5. The Bertz CT molecular complexity index is 981. The van der Waals surface area contributed by atoms with E-state index in [9.17, 15) is 4.79 Å². The molecule has 1 N–H and O–H groups in total. The van der Waals surface area contributed by atoms with E-state index in [1.807, 2.05) is 57.2 Å². The highest BCUT2D eigenvalue weighted by Crippen LogP contribution is 2.17. The molecule has 0 aliphatic heterocycles. The van der Waals surface area contributed by atoms with Gasteiger partial charge in [0.2, 0.25) is 0 Å². The van der Waals surface area contributed by atoms with Crippen LogP contribution in [0.3, 0.4) is 0 Å². The van der Waals surface area contributed by atoms with Crippen molar-refractivity contribution in [3.8, 4) is 11.4 Å². The number of hydrogen-bond acceptors (Lipinski definition) is 4. The number of aliphatic imine (C=N–C) groups is 1. The highest BCUT2D eigenvalue weighted by Gasteiger charge is 2.15. The van der Waals surface area contributed by atoms with E-state index >= 15 is 0 Å². The van der Waals surface area contributed by atoms with E-state index in [0.29, 0.717) is 17.1 Å². The lowest BCUT2D eigenvalue weighted by Crippen LogP contribution is -2.19. The molecular weight excluding hydrogens is 316 g/mol. The van der Waals surface area contributed by atoms with Crippen molar-refractivity contribution < 1.29 is 4.74 Å². The summed E-state index contributed by atoms with van der Waals surface area (Å²) >= 11 is 0. The molecule has 0 radical (unpaired) electrons. The first-order chi connectivity index (χ1) is 12.0. The molecule has 0 saturated carbocycles. The Hall–Kier alpha value is -3.15. The van der Waals surface area contributed by atoms with Crippen LogP contribution in [0.25, 0.3) is 5.69 Å². The monoisotopic (exact) mass is 336 g/mol. The van der Waals surface area contributed by atoms with Gasteiger partial charge in [-0.15, -0.1) is 0 Å². The van der Waals surface area contributed by atoms with Crippen LogP contribution in [0.4, 0.5) is 5.82 Å². The zero-order valence-electron chi connectivity index (χ0n) is 14.7. The van der Waals surface area contributed by atoms with Crippen molar-refractivity contribution in [1.82, 2.24) is 14.8 Å². The SMILES string of the molecule is COc1ccc(-n2[nH]c(C)c(/C(C)=N/c3ncccc3C)c2=O)cc1. The topological polar surface area (TPSA) is 72.3 Å². The van der Waals surface area contributed by atoms with Crippen LogP contribution in [0, 0.1) is 13.8 Å². The molecule has 6 nitrogen and oxygen atoms in total. The zero-order chi connectivity index (χ0) is 18.0. The first kappa shape index (κ1) is 16.7. The molecule has 3 aromatic rings. The maximum absolute atomic E-state index is 12.9. The summed E-state index contributed by atoms with van der Waals surface area (Å²) in [5.74, 6) is 1.36. The molecule has 0 bridgehead atoms. The Kier molecular flexibility index (Phi) is 4.52. The molecule has 128 valence electrons. The second kappa shape index (κ2) is 6.76. The number of aromatic amines is 1. The van der Waals surface area contributed by atoms with E-state index < -0.39 is 0 Å². The van der Waals surface area contributed by atoms with E-state index in [1.165, 1.54) is 4.68 Å². The largest absolute Gasteiger partial charge is 0.497 e. The van der Waals surface area contributed by atoms with Gasteiger partial charge in [-0.2, -0.15) is 0 Å². The number of pyridine rings is 1. The lowest BCUT2D eigenvalue weighted by Gasteiger charge is -2.03. The number of aryl methyl sites for hydroxylation is 2. The predicted molar refractivity (Wildman–Crippen MR) is 98.5 cm³/mol. The van der Waals surface area contributed by atoms with Gasteiger partial charge in [-0.25, -0.2) is 14.7 Å². The Balaban J connectivity index is 2.05. The summed E-state index contributed by atoms with van der Waals surface area (Å²) in [5, 5.41) is 3.11. The zero-order valence-corrected chi connectivity index (χ0v) is 14.7. The Morgan fingerprint density at radius 1 is 1.20 bits per heavy atom. The number of nitrogens with one attached hydrogen (secondary N) is 1. The lowest BCUT2D eigenvalue weighted by atomic mass is 10.1. The fourth-order valence-corrected chi connectivity index (χ4v) is 2.69. The van der Waals surface area contributed by atoms with E-state index in [0.717, 1.165) is 22.7 Å². The van der Waals surface area contributed by atoms with Crippen molar-refractivity contribution in [3.63, 3.8) is 0 Å². The van der Waals surface area contributed by atoms with Gasteiger partial charge in [0, 0.05) is 11.9 Å². The van der Waals surface area contributed by atoms with Crippen molar-refractivity contribution in [2.75, 3.05) is 7.11 Å². The summed E-state index contributed by atoms with van der Waals surface area (Å²) in [6.07, 6.45) is 1.69. The summed E-state index contributed by atoms with van der Waals surface area (Å²) in [6, 6.07) is 11.1. The van der Waals surface area contributed by atoms with Crippen molar-refractivity contribution in [2.24, 2.45) is 4.99 Å². The number of aromatic nitrogens is 3. The minimum absolute atomic E-state index is 0.141. The molecule has 1 aromatic carbocycles. The van der Waals surface area contributed by atoms with Gasteiger partial charge in [0.15, 0.2) is 5.82 Å². The van der Waals surface area contributed by atoms with Gasteiger partial charge in [0.1, 0.15) is 5.75 Å². The first-order valence-corrected chi connectivity index (χ1v) is 7.94. The molecule has 0 saturated heterocycles. The van der Waals surface area contributed by atoms with Gasteiger partial charge in [0.05, 0.1) is 24.1 Å². The van der Waals surface area contributed by atoms with Crippen LogP contribution in [0.2, 0.25) is 0 Å². The third kappa shape index (κ3) is 3.24. The summed E-state index contributed by atoms with van der Waals surface area (Å²) in [4.78, 5) is 21.7. The number of methoxy groups -OCH3 is 1. The summed E-state index contributed by atoms with van der Waals surface area (Å²) in [5.41, 5.74) is 3.51. The first-order valence-electron chi connectivity index (χ1n) is 7.94. The maximum atomic E-state index is 12.9. The number of rotatable bonds is 4. The highest BCUT2D eigenvalue weighted by molar-refractivity contribution is 6.00. The lowest BCUT2D eigenvalue weighted by molar-refractivity contribution is 0.414. The minimum Gasteiger partial charge on any atom is -0.497 e. The number of nitrogens with zero attached hydrogens (tertiary/aromatic N) is 3. The van der Waals surface area contributed by atoms with Crippen LogP contribution in [0.5, 0.6) is 5.75 Å².